The van der Waals surface area contributed by atoms with Crippen LogP contribution in [-0.4, -0.2) is 58.5 Å². The normalized spacial score (nSPS) is 15.5. The van der Waals surface area contributed by atoms with Gasteiger partial charge in [-0.25, -0.2) is 4.68 Å². The van der Waals surface area contributed by atoms with E-state index in [1.54, 1.807) is 35.2 Å². The van der Waals surface area contributed by atoms with E-state index in [1.807, 2.05) is 35.2 Å². The zero-order valence-electron chi connectivity index (χ0n) is 18.9. The molecule has 1 saturated heterocycles. The van der Waals surface area contributed by atoms with Crippen molar-refractivity contribution in [1.82, 2.24) is 19.6 Å². The van der Waals surface area contributed by atoms with Crippen molar-refractivity contribution in [2.45, 2.75) is 6.54 Å². The van der Waals surface area contributed by atoms with Crippen LogP contribution in [0.4, 0.5) is 0 Å². The first kappa shape index (κ1) is 21.8. The molecule has 35 heavy (non-hydrogen) atoms. The summed E-state index contributed by atoms with van der Waals surface area (Å²) in [6, 6.07) is 18.7. The number of furan rings is 1. The largest absolute Gasteiger partial charge is 0.463 e. The highest BCUT2D eigenvalue weighted by atomic mass is 35.5. The summed E-state index contributed by atoms with van der Waals surface area (Å²) in [4.78, 5) is 17.8. The fourth-order valence-electron chi connectivity index (χ4n) is 4.43. The summed E-state index contributed by atoms with van der Waals surface area (Å²) >= 11 is 6.07. The van der Waals surface area contributed by atoms with E-state index in [9.17, 15) is 4.79 Å². The molecule has 0 aliphatic carbocycles. The summed E-state index contributed by atoms with van der Waals surface area (Å²) in [5.41, 5.74) is 3.02. The van der Waals surface area contributed by atoms with Crippen LogP contribution in [0.1, 0.15) is 16.1 Å². The predicted octanol–water partition coefficient (Wildman–Crippen LogP) is 4.47. The van der Waals surface area contributed by atoms with Crippen molar-refractivity contribution in [3.63, 3.8) is 0 Å². The molecule has 0 saturated carbocycles. The summed E-state index contributed by atoms with van der Waals surface area (Å²) in [5, 5.41) is 5.29. The van der Waals surface area contributed by atoms with E-state index in [1.165, 1.54) is 0 Å². The van der Waals surface area contributed by atoms with Crippen LogP contribution in [0.2, 0.25) is 5.02 Å². The van der Waals surface area contributed by atoms with Crippen molar-refractivity contribution < 1.29 is 18.7 Å². The summed E-state index contributed by atoms with van der Waals surface area (Å²) in [6.07, 6.45) is 1.59. The van der Waals surface area contributed by atoms with Gasteiger partial charge in [-0.1, -0.05) is 17.7 Å². The van der Waals surface area contributed by atoms with Gasteiger partial charge in [0.05, 0.1) is 12.0 Å². The van der Waals surface area contributed by atoms with E-state index in [2.05, 4.69) is 16.1 Å². The Kier molecular flexibility index (Phi) is 5.67. The second-order valence-electron chi connectivity index (χ2n) is 8.54. The Bertz CT molecular complexity index is 1340. The van der Waals surface area contributed by atoms with Gasteiger partial charge in [0.2, 0.25) is 6.79 Å². The van der Waals surface area contributed by atoms with Gasteiger partial charge in [-0.05, 0) is 54.1 Å². The lowest BCUT2D eigenvalue weighted by Crippen LogP contribution is -2.48. The van der Waals surface area contributed by atoms with E-state index in [-0.39, 0.29) is 12.7 Å². The first-order chi connectivity index (χ1) is 17.1. The number of hydrogen-bond donors (Lipinski definition) is 0. The van der Waals surface area contributed by atoms with Gasteiger partial charge < -0.3 is 18.8 Å². The number of carbonyl (C=O) groups is 1. The van der Waals surface area contributed by atoms with Crippen LogP contribution in [0.25, 0.3) is 17.1 Å². The third kappa shape index (κ3) is 4.38. The van der Waals surface area contributed by atoms with Gasteiger partial charge in [-0.2, -0.15) is 5.10 Å². The lowest BCUT2D eigenvalue weighted by molar-refractivity contribution is 0.0619. The second kappa shape index (κ2) is 9.13. The molecule has 2 aliphatic heterocycles. The minimum Gasteiger partial charge on any atom is -0.463 e. The zero-order chi connectivity index (χ0) is 23.8. The van der Waals surface area contributed by atoms with Crippen LogP contribution in [0.15, 0.2) is 71.3 Å². The maximum absolute atomic E-state index is 13.6. The Morgan fingerprint density at radius 1 is 0.943 bits per heavy atom. The van der Waals surface area contributed by atoms with Gasteiger partial charge in [-0.15, -0.1) is 0 Å². The molecule has 4 heterocycles. The summed E-state index contributed by atoms with van der Waals surface area (Å²) in [7, 11) is 0. The molecule has 0 radical (unpaired) electrons. The third-order valence-electron chi connectivity index (χ3n) is 6.28. The number of piperazine rings is 1. The molecule has 2 aromatic heterocycles. The summed E-state index contributed by atoms with van der Waals surface area (Å²) < 4.78 is 18.1. The first-order valence-electron chi connectivity index (χ1n) is 11.4. The highest BCUT2D eigenvalue weighted by Crippen LogP contribution is 2.33. The molecule has 9 heteroatoms. The second-order valence-corrected chi connectivity index (χ2v) is 8.97. The Morgan fingerprint density at radius 2 is 1.74 bits per heavy atom. The van der Waals surface area contributed by atoms with Crippen molar-refractivity contribution >= 4 is 17.5 Å². The number of rotatable bonds is 5. The van der Waals surface area contributed by atoms with Gasteiger partial charge in [-0.3, -0.25) is 9.69 Å². The SMILES string of the molecule is O=C(c1cc(-c2ccco2)nn1-c1ccc(Cl)cc1)N1CCN(Cc2ccc3c(c2)OCO3)CC1. The average Bonchev–Trinajstić information content (AvgIpc) is 3.65. The highest BCUT2D eigenvalue weighted by molar-refractivity contribution is 6.30. The Balaban J connectivity index is 1.19. The number of ether oxygens (including phenoxy) is 2. The molecule has 8 nitrogen and oxygen atoms in total. The molecule has 1 amide bonds. The predicted molar refractivity (Wildman–Crippen MR) is 130 cm³/mol. The zero-order valence-corrected chi connectivity index (χ0v) is 19.6. The minimum atomic E-state index is -0.0621. The molecule has 1 fully saturated rings. The van der Waals surface area contributed by atoms with Crippen LogP contribution in [-0.2, 0) is 6.54 Å². The van der Waals surface area contributed by atoms with Gasteiger partial charge in [0.15, 0.2) is 17.3 Å². The molecular formula is C26H23ClN4O4. The smallest absolute Gasteiger partial charge is 0.272 e. The van der Waals surface area contributed by atoms with E-state index in [0.29, 0.717) is 35.3 Å². The number of amides is 1. The number of fused-ring (bicyclic) bond motifs is 1. The lowest BCUT2D eigenvalue weighted by Gasteiger charge is -2.34. The number of halogens is 1. The van der Waals surface area contributed by atoms with Gasteiger partial charge in [0.25, 0.3) is 5.91 Å². The molecule has 2 aliphatic rings. The van der Waals surface area contributed by atoms with Gasteiger partial charge in [0, 0.05) is 43.8 Å². The number of nitrogens with zero attached hydrogens (tertiary/aromatic N) is 4. The maximum atomic E-state index is 13.6. The van der Waals surface area contributed by atoms with Crippen molar-refractivity contribution in [3.05, 3.63) is 83.2 Å². The maximum Gasteiger partial charge on any atom is 0.272 e. The van der Waals surface area contributed by atoms with Crippen LogP contribution in [0.5, 0.6) is 11.5 Å². The molecule has 2 aromatic carbocycles. The van der Waals surface area contributed by atoms with Crippen LogP contribution >= 0.6 is 11.6 Å². The van der Waals surface area contributed by atoms with Crippen molar-refractivity contribution in [3.8, 4) is 28.6 Å². The highest BCUT2D eigenvalue weighted by Gasteiger charge is 2.27. The van der Waals surface area contributed by atoms with Crippen LogP contribution in [0.3, 0.4) is 0 Å². The Morgan fingerprint density at radius 3 is 2.51 bits per heavy atom. The minimum absolute atomic E-state index is 0.0621. The molecule has 0 atom stereocenters. The number of benzene rings is 2. The molecule has 0 unspecified atom stereocenters. The molecule has 4 aromatic rings. The summed E-state index contributed by atoms with van der Waals surface area (Å²) in [5.74, 6) is 2.13. The number of aromatic nitrogens is 2. The molecule has 178 valence electrons. The molecule has 6 rings (SSSR count). The lowest BCUT2D eigenvalue weighted by atomic mass is 10.1. The van der Waals surface area contributed by atoms with E-state index >= 15 is 0 Å². The fraction of sp³-hybridized carbons (Fsp3) is 0.231. The number of hydrogen-bond acceptors (Lipinski definition) is 6. The molecule has 0 N–H and O–H groups in total. The van der Waals surface area contributed by atoms with Gasteiger partial charge >= 0.3 is 0 Å². The van der Waals surface area contributed by atoms with Crippen molar-refractivity contribution in [2.24, 2.45) is 0 Å². The quantitative estimate of drug-likeness (QED) is 0.411. The molecule has 0 spiro atoms. The monoisotopic (exact) mass is 490 g/mol. The fourth-order valence-corrected chi connectivity index (χ4v) is 4.55. The summed E-state index contributed by atoms with van der Waals surface area (Å²) in [6.45, 7) is 3.88. The Hall–Kier alpha value is -3.75. The van der Waals surface area contributed by atoms with Crippen molar-refractivity contribution in [1.29, 1.82) is 0 Å². The van der Waals surface area contributed by atoms with Crippen molar-refractivity contribution in [2.75, 3.05) is 33.0 Å². The van der Waals surface area contributed by atoms with Crippen LogP contribution in [0, 0.1) is 0 Å². The van der Waals surface area contributed by atoms with E-state index < -0.39 is 0 Å². The average molecular weight is 491 g/mol. The topological polar surface area (TPSA) is 73.0 Å². The van der Waals surface area contributed by atoms with E-state index in [4.69, 9.17) is 25.5 Å². The standard InChI is InChI=1S/C26H23ClN4O4/c27-19-4-6-20(7-5-19)31-22(15-21(28-31)23-2-1-13-33-23)26(32)30-11-9-29(10-12-30)16-18-3-8-24-25(14-18)35-17-34-24/h1-8,13-15H,9-12,16-17H2. The number of carbonyl (C=O) groups excluding carboxylic acids is 1. The van der Waals surface area contributed by atoms with Gasteiger partial charge in [0.1, 0.15) is 11.4 Å². The first-order valence-corrected chi connectivity index (χ1v) is 11.8. The van der Waals surface area contributed by atoms with Crippen LogP contribution < -0.4 is 9.47 Å². The third-order valence-corrected chi connectivity index (χ3v) is 6.53. The Labute approximate surface area is 207 Å². The molecule has 0 bridgehead atoms. The van der Waals surface area contributed by atoms with E-state index in [0.717, 1.165) is 42.4 Å². The molecular weight excluding hydrogens is 468 g/mol.